The summed E-state index contributed by atoms with van der Waals surface area (Å²) in [6.45, 7) is 1.93. The van der Waals surface area contributed by atoms with Gasteiger partial charge in [-0.05, 0) is 19.1 Å². The van der Waals surface area contributed by atoms with Crippen LogP contribution in [0.5, 0.6) is 0 Å². The van der Waals surface area contributed by atoms with E-state index in [1.54, 1.807) is 0 Å². The van der Waals surface area contributed by atoms with E-state index in [0.29, 0.717) is 10.2 Å². The Labute approximate surface area is 145 Å². The van der Waals surface area contributed by atoms with E-state index in [-0.39, 0.29) is 17.0 Å². The average Bonchev–Trinajstić information content (AvgIpc) is 2.99. The SMILES string of the molecule is Br.Cc1nc(N)sc1-c1csc(Nc2ccccc2Cl)n1. The summed E-state index contributed by atoms with van der Waals surface area (Å²) in [5.41, 5.74) is 8.35. The van der Waals surface area contributed by atoms with Crippen LogP contribution in [-0.4, -0.2) is 9.97 Å². The fourth-order valence-electron chi connectivity index (χ4n) is 1.77. The molecule has 0 saturated carbocycles. The molecule has 0 bridgehead atoms. The van der Waals surface area contributed by atoms with Gasteiger partial charge in [-0.3, -0.25) is 0 Å². The third-order valence-corrected chi connectivity index (χ3v) is 4.76. The van der Waals surface area contributed by atoms with E-state index < -0.39 is 0 Å². The number of aryl methyl sites for hydroxylation is 1. The Hall–Kier alpha value is -1.15. The van der Waals surface area contributed by atoms with Gasteiger partial charge in [0.25, 0.3) is 0 Å². The van der Waals surface area contributed by atoms with E-state index in [9.17, 15) is 0 Å². The quantitative estimate of drug-likeness (QED) is 0.636. The van der Waals surface area contributed by atoms with Gasteiger partial charge in [0, 0.05) is 5.38 Å². The molecule has 1 aromatic carbocycles. The minimum atomic E-state index is 0. The molecule has 0 radical (unpaired) electrons. The molecule has 0 aliphatic heterocycles. The molecule has 2 aromatic heterocycles. The lowest BCUT2D eigenvalue weighted by molar-refractivity contribution is 1.26. The number of nitrogens with two attached hydrogens (primary N) is 1. The monoisotopic (exact) mass is 402 g/mol. The molecule has 0 saturated heterocycles. The molecule has 4 nitrogen and oxygen atoms in total. The summed E-state index contributed by atoms with van der Waals surface area (Å²) in [4.78, 5) is 9.77. The normalized spacial score (nSPS) is 10.2. The van der Waals surface area contributed by atoms with Crippen LogP contribution in [0.25, 0.3) is 10.6 Å². The third kappa shape index (κ3) is 3.55. The van der Waals surface area contributed by atoms with Gasteiger partial charge in [0.1, 0.15) is 0 Å². The molecule has 3 aromatic rings. The van der Waals surface area contributed by atoms with Gasteiger partial charge in [-0.25, -0.2) is 9.97 Å². The first kappa shape index (κ1) is 16.2. The van der Waals surface area contributed by atoms with Gasteiger partial charge in [0.15, 0.2) is 10.3 Å². The number of benzene rings is 1. The number of hydrogen-bond acceptors (Lipinski definition) is 6. The van der Waals surface area contributed by atoms with Crippen molar-refractivity contribution in [2.24, 2.45) is 0 Å². The zero-order chi connectivity index (χ0) is 14.1. The number of para-hydroxylation sites is 1. The van der Waals surface area contributed by atoms with Crippen molar-refractivity contribution in [1.29, 1.82) is 0 Å². The van der Waals surface area contributed by atoms with Crippen LogP contribution in [0.3, 0.4) is 0 Å². The fourth-order valence-corrected chi connectivity index (χ4v) is 3.53. The molecule has 3 rings (SSSR count). The topological polar surface area (TPSA) is 63.8 Å². The summed E-state index contributed by atoms with van der Waals surface area (Å²) in [6, 6.07) is 7.58. The number of rotatable bonds is 3. The van der Waals surface area contributed by atoms with Gasteiger partial charge < -0.3 is 11.1 Å². The molecular formula is C13H12BrClN4S2. The van der Waals surface area contributed by atoms with Crippen LogP contribution < -0.4 is 11.1 Å². The van der Waals surface area contributed by atoms with Crippen LogP contribution in [0.2, 0.25) is 5.02 Å². The van der Waals surface area contributed by atoms with Crippen LogP contribution in [0.1, 0.15) is 5.69 Å². The first-order valence-electron chi connectivity index (χ1n) is 5.84. The van der Waals surface area contributed by atoms with Crippen LogP contribution in [-0.2, 0) is 0 Å². The lowest BCUT2D eigenvalue weighted by Crippen LogP contribution is -1.90. The number of nitrogens with zero attached hydrogens (tertiary/aromatic N) is 2. The maximum atomic E-state index is 6.12. The van der Waals surface area contributed by atoms with Crippen molar-refractivity contribution >= 4 is 67.2 Å². The lowest BCUT2D eigenvalue weighted by Gasteiger charge is -2.03. The highest BCUT2D eigenvalue weighted by molar-refractivity contribution is 8.93. The Morgan fingerprint density at radius 1 is 1.24 bits per heavy atom. The number of aromatic nitrogens is 2. The van der Waals surface area contributed by atoms with Gasteiger partial charge in [-0.15, -0.1) is 28.3 Å². The number of nitrogens with one attached hydrogen (secondary N) is 1. The second-order valence-corrected chi connectivity index (χ2v) is 6.41. The zero-order valence-electron chi connectivity index (χ0n) is 11.0. The molecule has 0 unspecified atom stereocenters. The molecule has 110 valence electrons. The van der Waals surface area contributed by atoms with E-state index in [1.165, 1.54) is 22.7 Å². The third-order valence-electron chi connectivity index (χ3n) is 2.67. The van der Waals surface area contributed by atoms with E-state index >= 15 is 0 Å². The first-order valence-corrected chi connectivity index (χ1v) is 7.91. The molecule has 0 atom stereocenters. The van der Waals surface area contributed by atoms with Gasteiger partial charge in [-0.2, -0.15) is 0 Å². The molecule has 8 heteroatoms. The molecule has 21 heavy (non-hydrogen) atoms. The van der Waals surface area contributed by atoms with Gasteiger partial charge in [0.2, 0.25) is 0 Å². The van der Waals surface area contributed by atoms with Crippen molar-refractivity contribution in [3.8, 4) is 10.6 Å². The Morgan fingerprint density at radius 3 is 2.67 bits per heavy atom. The highest BCUT2D eigenvalue weighted by Crippen LogP contribution is 2.34. The van der Waals surface area contributed by atoms with E-state index in [0.717, 1.165) is 27.1 Å². The maximum Gasteiger partial charge on any atom is 0.187 e. The molecule has 0 amide bonds. The molecular weight excluding hydrogens is 392 g/mol. The van der Waals surface area contributed by atoms with Crippen LogP contribution >= 0.6 is 51.3 Å². The second-order valence-electron chi connectivity index (χ2n) is 4.11. The average molecular weight is 404 g/mol. The number of anilines is 3. The van der Waals surface area contributed by atoms with Crippen molar-refractivity contribution < 1.29 is 0 Å². The molecule has 0 spiro atoms. The predicted molar refractivity (Wildman–Crippen MR) is 97.4 cm³/mol. The molecule has 0 fully saturated rings. The predicted octanol–water partition coefficient (Wildman–Crippen LogP) is 5.13. The Kier molecular flexibility index (Phi) is 5.21. The van der Waals surface area contributed by atoms with Crippen LogP contribution in [0.4, 0.5) is 16.0 Å². The molecule has 3 N–H and O–H groups in total. The minimum Gasteiger partial charge on any atom is -0.375 e. The van der Waals surface area contributed by atoms with Crippen molar-refractivity contribution in [3.63, 3.8) is 0 Å². The summed E-state index contributed by atoms with van der Waals surface area (Å²) in [5.74, 6) is 0. The Balaban J connectivity index is 0.00000161. The second kappa shape index (κ2) is 6.74. The van der Waals surface area contributed by atoms with E-state index in [4.69, 9.17) is 17.3 Å². The molecule has 0 aliphatic carbocycles. The molecule has 0 aliphatic rings. The number of thiazole rings is 2. The molecule has 2 heterocycles. The van der Waals surface area contributed by atoms with E-state index in [1.807, 2.05) is 36.6 Å². The standard InChI is InChI=1S/C13H11ClN4S2.BrH/c1-7-11(20-12(15)16-7)10-6-19-13(18-10)17-9-5-3-2-4-8(9)14;/h2-6H,1H3,(H2,15,16)(H,17,18);1H. The fraction of sp³-hybridized carbons (Fsp3) is 0.0769. The van der Waals surface area contributed by atoms with Crippen LogP contribution in [0.15, 0.2) is 29.6 Å². The first-order chi connectivity index (χ1) is 9.63. The van der Waals surface area contributed by atoms with Crippen LogP contribution in [0, 0.1) is 6.92 Å². The van der Waals surface area contributed by atoms with Crippen molar-refractivity contribution in [3.05, 3.63) is 40.4 Å². The van der Waals surface area contributed by atoms with Gasteiger partial charge in [0.05, 0.1) is 27.0 Å². The summed E-state index contributed by atoms with van der Waals surface area (Å²) in [5, 5.41) is 7.22. The van der Waals surface area contributed by atoms with Gasteiger partial charge >= 0.3 is 0 Å². The van der Waals surface area contributed by atoms with Crippen molar-refractivity contribution in [1.82, 2.24) is 9.97 Å². The highest BCUT2D eigenvalue weighted by atomic mass is 79.9. The number of nitrogen functional groups attached to an aromatic ring is 1. The Bertz CT molecular complexity index is 756. The number of hydrogen-bond donors (Lipinski definition) is 2. The van der Waals surface area contributed by atoms with Gasteiger partial charge in [-0.1, -0.05) is 35.1 Å². The van der Waals surface area contributed by atoms with Crippen molar-refractivity contribution in [2.75, 3.05) is 11.1 Å². The summed E-state index contributed by atoms with van der Waals surface area (Å²) >= 11 is 9.09. The lowest BCUT2D eigenvalue weighted by atomic mass is 10.3. The summed E-state index contributed by atoms with van der Waals surface area (Å²) < 4.78 is 0. The summed E-state index contributed by atoms with van der Waals surface area (Å²) in [7, 11) is 0. The number of halogens is 2. The maximum absolute atomic E-state index is 6.12. The van der Waals surface area contributed by atoms with E-state index in [2.05, 4.69) is 15.3 Å². The summed E-state index contributed by atoms with van der Waals surface area (Å²) in [6.07, 6.45) is 0. The largest absolute Gasteiger partial charge is 0.375 e. The van der Waals surface area contributed by atoms with Crippen molar-refractivity contribution in [2.45, 2.75) is 6.92 Å². The zero-order valence-corrected chi connectivity index (χ0v) is 15.1. The smallest absolute Gasteiger partial charge is 0.187 e. The highest BCUT2D eigenvalue weighted by Gasteiger charge is 2.12. The Morgan fingerprint density at radius 2 is 2.00 bits per heavy atom. The minimum absolute atomic E-state index is 0.